The zero-order chi connectivity index (χ0) is 13.4. The summed E-state index contributed by atoms with van der Waals surface area (Å²) in [7, 11) is -3.03. The lowest BCUT2D eigenvalue weighted by molar-refractivity contribution is 0.218. The monoisotopic (exact) mass is 275 g/mol. The molecule has 1 aliphatic carbocycles. The summed E-state index contributed by atoms with van der Waals surface area (Å²) in [6.07, 6.45) is 7.91. The molecule has 18 heavy (non-hydrogen) atoms. The molecule has 0 aromatic heterocycles. The highest BCUT2D eigenvalue weighted by Gasteiger charge is 2.30. The molecule has 1 fully saturated rings. The molecular weight excluding hydrogens is 249 g/mol. The Labute approximate surface area is 111 Å². The van der Waals surface area contributed by atoms with E-state index in [1.165, 1.54) is 19.3 Å². The Kier molecular flexibility index (Phi) is 7.13. The normalized spacial score (nSPS) is 20.4. The first kappa shape index (κ1) is 15.9. The minimum absolute atomic E-state index is 0.265. The molecule has 0 N–H and O–H groups in total. The van der Waals surface area contributed by atoms with E-state index in [-0.39, 0.29) is 5.66 Å². The lowest BCUT2D eigenvalue weighted by atomic mass is 9.96. The van der Waals surface area contributed by atoms with Crippen molar-refractivity contribution in [2.24, 2.45) is 4.99 Å². The molecule has 0 heterocycles. The standard InChI is InChI=1S/C13H26NO3P/c1-4-16-18(15,17-5-2)12(3)11-14-13-9-7-6-8-10-13/h11-13H,4-10H2,1-3H3. The lowest BCUT2D eigenvalue weighted by Crippen LogP contribution is -2.15. The quantitative estimate of drug-likeness (QED) is 0.520. The molecule has 0 spiro atoms. The predicted molar refractivity (Wildman–Crippen MR) is 75.7 cm³/mol. The maximum absolute atomic E-state index is 12.5. The van der Waals surface area contributed by atoms with Crippen molar-refractivity contribution in [2.45, 2.75) is 64.6 Å². The maximum Gasteiger partial charge on any atom is 0.338 e. The Balaban J connectivity index is 2.56. The lowest BCUT2D eigenvalue weighted by Gasteiger charge is -2.22. The van der Waals surface area contributed by atoms with Crippen molar-refractivity contribution >= 4 is 13.8 Å². The van der Waals surface area contributed by atoms with Crippen molar-refractivity contribution in [3.63, 3.8) is 0 Å². The summed E-state index contributed by atoms with van der Waals surface area (Å²) in [6, 6.07) is 0.401. The van der Waals surface area contributed by atoms with Gasteiger partial charge in [-0.3, -0.25) is 9.56 Å². The minimum atomic E-state index is -3.03. The van der Waals surface area contributed by atoms with Crippen LogP contribution in [0.4, 0.5) is 0 Å². The summed E-state index contributed by atoms with van der Waals surface area (Å²) in [6.45, 7) is 6.32. The number of hydrogen-bond donors (Lipinski definition) is 0. The van der Waals surface area contributed by atoms with E-state index in [4.69, 9.17) is 9.05 Å². The third-order valence-corrected chi connectivity index (χ3v) is 5.57. The van der Waals surface area contributed by atoms with Crippen molar-refractivity contribution in [3.05, 3.63) is 0 Å². The number of hydrogen-bond acceptors (Lipinski definition) is 4. The highest BCUT2D eigenvalue weighted by Crippen LogP contribution is 2.52. The zero-order valence-corrected chi connectivity index (χ0v) is 12.7. The van der Waals surface area contributed by atoms with Crippen LogP contribution in [0.15, 0.2) is 4.99 Å². The summed E-state index contributed by atoms with van der Waals surface area (Å²) in [5.41, 5.74) is -0.265. The van der Waals surface area contributed by atoms with Gasteiger partial charge in [0.05, 0.1) is 18.9 Å². The second-order valence-electron chi connectivity index (χ2n) is 4.71. The number of rotatable bonds is 7. The van der Waals surface area contributed by atoms with Gasteiger partial charge in [0, 0.05) is 12.3 Å². The Morgan fingerprint density at radius 2 is 1.78 bits per heavy atom. The first-order valence-corrected chi connectivity index (χ1v) is 8.65. The SMILES string of the molecule is CCOP(=O)(OCC)C(C)C=NC1CCCCC1. The molecule has 5 heteroatoms. The van der Waals surface area contributed by atoms with Crippen LogP contribution in [0.25, 0.3) is 0 Å². The van der Waals surface area contributed by atoms with Crippen molar-refractivity contribution < 1.29 is 13.6 Å². The van der Waals surface area contributed by atoms with Gasteiger partial charge in [0.25, 0.3) is 0 Å². The summed E-state index contributed by atoms with van der Waals surface area (Å²) < 4.78 is 23.1. The first-order valence-electron chi connectivity index (χ1n) is 7.04. The van der Waals surface area contributed by atoms with Gasteiger partial charge in [0.1, 0.15) is 0 Å². The topological polar surface area (TPSA) is 47.9 Å². The highest BCUT2D eigenvalue weighted by molar-refractivity contribution is 7.55. The Hall–Kier alpha value is -0.180. The minimum Gasteiger partial charge on any atom is -0.308 e. The smallest absolute Gasteiger partial charge is 0.308 e. The van der Waals surface area contributed by atoms with E-state index >= 15 is 0 Å². The van der Waals surface area contributed by atoms with Crippen LogP contribution in [0.3, 0.4) is 0 Å². The van der Waals surface area contributed by atoms with E-state index in [0.717, 1.165) is 12.8 Å². The van der Waals surface area contributed by atoms with Crippen molar-refractivity contribution in [3.8, 4) is 0 Å². The summed E-state index contributed by atoms with van der Waals surface area (Å²) in [4.78, 5) is 4.56. The molecule has 1 atom stereocenters. The largest absolute Gasteiger partial charge is 0.338 e. The van der Waals surface area contributed by atoms with Gasteiger partial charge in [0.2, 0.25) is 0 Å². The average molecular weight is 275 g/mol. The summed E-state index contributed by atoms with van der Waals surface area (Å²) >= 11 is 0. The molecule has 106 valence electrons. The fraction of sp³-hybridized carbons (Fsp3) is 0.923. The fourth-order valence-electron chi connectivity index (χ4n) is 2.19. The highest BCUT2D eigenvalue weighted by atomic mass is 31.2. The van der Waals surface area contributed by atoms with E-state index in [0.29, 0.717) is 19.3 Å². The molecule has 1 aliphatic rings. The van der Waals surface area contributed by atoms with Gasteiger partial charge in [-0.1, -0.05) is 19.3 Å². The average Bonchev–Trinajstić information content (AvgIpc) is 2.37. The maximum atomic E-state index is 12.5. The van der Waals surface area contributed by atoms with E-state index in [1.54, 1.807) is 6.21 Å². The Morgan fingerprint density at radius 3 is 2.28 bits per heavy atom. The van der Waals surface area contributed by atoms with Crippen molar-refractivity contribution in [1.82, 2.24) is 0 Å². The van der Waals surface area contributed by atoms with E-state index < -0.39 is 7.60 Å². The van der Waals surface area contributed by atoms with Gasteiger partial charge in [-0.2, -0.15) is 0 Å². The van der Waals surface area contributed by atoms with Crippen LogP contribution in [0.5, 0.6) is 0 Å². The third-order valence-electron chi connectivity index (χ3n) is 3.20. The second kappa shape index (κ2) is 8.08. The number of aliphatic imine (C=N–C) groups is 1. The third kappa shape index (κ3) is 4.83. The van der Waals surface area contributed by atoms with Gasteiger partial charge in [-0.25, -0.2) is 0 Å². The Bertz CT molecular complexity index is 291. The molecule has 0 saturated heterocycles. The fourth-order valence-corrected chi connectivity index (χ4v) is 3.70. The molecule has 0 aromatic rings. The Morgan fingerprint density at radius 1 is 1.22 bits per heavy atom. The second-order valence-corrected chi connectivity index (χ2v) is 7.12. The van der Waals surface area contributed by atoms with Crippen LogP contribution < -0.4 is 0 Å². The van der Waals surface area contributed by atoms with Crippen LogP contribution >= 0.6 is 7.60 Å². The van der Waals surface area contributed by atoms with Crippen LogP contribution in [0, 0.1) is 0 Å². The van der Waals surface area contributed by atoms with Crippen LogP contribution in [-0.2, 0) is 13.6 Å². The molecule has 4 nitrogen and oxygen atoms in total. The molecule has 1 saturated carbocycles. The molecule has 0 aliphatic heterocycles. The molecule has 0 amide bonds. The molecule has 0 radical (unpaired) electrons. The first-order chi connectivity index (χ1) is 8.62. The molecule has 0 aromatic carbocycles. The molecule has 1 rings (SSSR count). The van der Waals surface area contributed by atoms with E-state index in [9.17, 15) is 4.57 Å². The van der Waals surface area contributed by atoms with Gasteiger partial charge in [-0.05, 0) is 33.6 Å². The molecule has 0 bridgehead atoms. The van der Waals surface area contributed by atoms with Crippen LogP contribution in [0.2, 0.25) is 0 Å². The number of nitrogens with zero attached hydrogens (tertiary/aromatic N) is 1. The summed E-state index contributed by atoms with van der Waals surface area (Å²) in [5.74, 6) is 0. The van der Waals surface area contributed by atoms with Crippen LogP contribution in [-0.4, -0.2) is 31.1 Å². The van der Waals surface area contributed by atoms with E-state index in [1.807, 2.05) is 20.8 Å². The molecule has 1 unspecified atom stereocenters. The predicted octanol–water partition coefficient (Wildman–Crippen LogP) is 4.04. The van der Waals surface area contributed by atoms with Crippen molar-refractivity contribution in [2.75, 3.05) is 13.2 Å². The van der Waals surface area contributed by atoms with Gasteiger partial charge < -0.3 is 9.05 Å². The van der Waals surface area contributed by atoms with Gasteiger partial charge in [-0.15, -0.1) is 0 Å². The van der Waals surface area contributed by atoms with Gasteiger partial charge >= 0.3 is 7.60 Å². The van der Waals surface area contributed by atoms with Crippen molar-refractivity contribution in [1.29, 1.82) is 0 Å². The van der Waals surface area contributed by atoms with Crippen LogP contribution in [0.1, 0.15) is 52.9 Å². The zero-order valence-electron chi connectivity index (χ0n) is 11.8. The van der Waals surface area contributed by atoms with E-state index in [2.05, 4.69) is 4.99 Å². The molecular formula is C13H26NO3P. The van der Waals surface area contributed by atoms with Gasteiger partial charge in [0.15, 0.2) is 0 Å². The summed E-state index contributed by atoms with van der Waals surface area (Å²) in [5, 5.41) is 0.